The Kier molecular flexibility index (Phi) is 5.00. The van der Waals surface area contributed by atoms with Crippen LogP contribution in [-0.4, -0.2) is 33.6 Å². The van der Waals surface area contributed by atoms with Gasteiger partial charge >= 0.3 is 5.97 Å². The van der Waals surface area contributed by atoms with Gasteiger partial charge in [-0.15, -0.1) is 0 Å². The van der Waals surface area contributed by atoms with Gasteiger partial charge in [0.05, 0.1) is 12.1 Å². The summed E-state index contributed by atoms with van der Waals surface area (Å²) in [6, 6.07) is -0.318. The first-order valence-corrected chi connectivity index (χ1v) is 5.99. The van der Waals surface area contributed by atoms with Gasteiger partial charge in [0.15, 0.2) is 11.6 Å². The molecule has 100 valence electrons. The second-order valence-corrected chi connectivity index (χ2v) is 4.04. The lowest BCUT2D eigenvalue weighted by atomic mass is 10.2. The zero-order chi connectivity index (χ0) is 13.7. The van der Waals surface area contributed by atoms with Gasteiger partial charge in [0.2, 0.25) is 0 Å². The average Bonchev–Trinajstić information content (AvgIpc) is 2.31. The fourth-order valence-corrected chi connectivity index (χ4v) is 1.88. The number of aliphatic carboxylic acids is 1. The van der Waals surface area contributed by atoms with E-state index in [0.29, 0.717) is 18.7 Å². The number of anilines is 1. The van der Waals surface area contributed by atoms with E-state index in [1.165, 1.54) is 6.33 Å². The van der Waals surface area contributed by atoms with Gasteiger partial charge in [0, 0.05) is 12.6 Å². The highest BCUT2D eigenvalue weighted by Gasteiger charge is 2.21. The number of aromatic nitrogens is 2. The standard InChI is InChI=1S/C12H18FN3O2/c1-4-9-11(13)12(15-7-14-9)16(5-2)8(3)6-10(17)18/h7-8H,4-6H2,1-3H3,(H,17,18). The molecule has 1 aromatic heterocycles. The molecule has 5 nitrogen and oxygen atoms in total. The number of carboxylic acids is 1. The fourth-order valence-electron chi connectivity index (χ4n) is 1.88. The molecule has 1 unspecified atom stereocenters. The monoisotopic (exact) mass is 255 g/mol. The molecule has 1 aromatic rings. The maximum Gasteiger partial charge on any atom is 0.305 e. The number of carbonyl (C=O) groups is 1. The van der Waals surface area contributed by atoms with Crippen molar-refractivity contribution in [3.8, 4) is 0 Å². The van der Waals surface area contributed by atoms with Crippen LogP contribution in [0, 0.1) is 5.82 Å². The average molecular weight is 255 g/mol. The minimum atomic E-state index is -0.911. The van der Waals surface area contributed by atoms with E-state index in [0.717, 1.165) is 0 Å². The van der Waals surface area contributed by atoms with Crippen LogP contribution in [0.15, 0.2) is 6.33 Å². The highest BCUT2D eigenvalue weighted by molar-refractivity contribution is 5.68. The zero-order valence-electron chi connectivity index (χ0n) is 10.9. The van der Waals surface area contributed by atoms with Crippen molar-refractivity contribution in [1.29, 1.82) is 0 Å². The molecule has 0 aliphatic carbocycles. The topological polar surface area (TPSA) is 66.3 Å². The van der Waals surface area contributed by atoms with Crippen LogP contribution in [0.1, 0.15) is 32.9 Å². The molecule has 0 aliphatic heterocycles. The fraction of sp³-hybridized carbons (Fsp3) is 0.583. The molecule has 0 spiro atoms. The van der Waals surface area contributed by atoms with Crippen LogP contribution in [-0.2, 0) is 11.2 Å². The number of aryl methyl sites for hydroxylation is 1. The molecule has 0 radical (unpaired) electrons. The quantitative estimate of drug-likeness (QED) is 0.840. The lowest BCUT2D eigenvalue weighted by Crippen LogP contribution is -2.36. The lowest BCUT2D eigenvalue weighted by molar-refractivity contribution is -0.137. The predicted octanol–water partition coefficient (Wildman–Crippen LogP) is 1.87. The third kappa shape index (κ3) is 3.15. The van der Waals surface area contributed by atoms with Crippen molar-refractivity contribution in [3.63, 3.8) is 0 Å². The zero-order valence-corrected chi connectivity index (χ0v) is 10.9. The van der Waals surface area contributed by atoms with Crippen molar-refractivity contribution >= 4 is 11.8 Å². The Hall–Kier alpha value is -1.72. The number of nitrogens with zero attached hydrogens (tertiary/aromatic N) is 3. The Bertz CT molecular complexity index is 426. The summed E-state index contributed by atoms with van der Waals surface area (Å²) in [4.78, 5) is 20.2. The number of carboxylic acid groups (broad SMARTS) is 1. The van der Waals surface area contributed by atoms with Crippen molar-refractivity contribution in [2.24, 2.45) is 0 Å². The molecule has 1 rings (SSSR count). The molecule has 0 aliphatic rings. The van der Waals surface area contributed by atoms with Gasteiger partial charge in [-0.05, 0) is 20.3 Å². The third-order valence-corrected chi connectivity index (χ3v) is 2.79. The smallest absolute Gasteiger partial charge is 0.305 e. The van der Waals surface area contributed by atoms with E-state index in [-0.39, 0.29) is 18.3 Å². The first-order valence-electron chi connectivity index (χ1n) is 5.99. The molecule has 0 fully saturated rings. The molecule has 1 atom stereocenters. The summed E-state index contributed by atoms with van der Waals surface area (Å²) < 4.78 is 14.1. The van der Waals surface area contributed by atoms with Crippen molar-refractivity contribution in [2.75, 3.05) is 11.4 Å². The Labute approximate surface area is 106 Å². The van der Waals surface area contributed by atoms with Gasteiger partial charge in [-0.25, -0.2) is 14.4 Å². The first-order chi connectivity index (χ1) is 8.51. The molecule has 18 heavy (non-hydrogen) atoms. The molecular weight excluding hydrogens is 237 g/mol. The van der Waals surface area contributed by atoms with Gasteiger partial charge < -0.3 is 10.0 Å². The second kappa shape index (κ2) is 6.28. The van der Waals surface area contributed by atoms with E-state index in [2.05, 4.69) is 9.97 Å². The first kappa shape index (κ1) is 14.3. The molecule has 0 saturated heterocycles. The summed E-state index contributed by atoms with van der Waals surface area (Å²) >= 11 is 0. The number of rotatable bonds is 6. The van der Waals surface area contributed by atoms with E-state index in [1.54, 1.807) is 11.8 Å². The largest absolute Gasteiger partial charge is 0.481 e. The summed E-state index contributed by atoms with van der Waals surface area (Å²) in [5, 5.41) is 8.79. The second-order valence-electron chi connectivity index (χ2n) is 4.04. The van der Waals surface area contributed by atoms with E-state index in [9.17, 15) is 9.18 Å². The Balaban J connectivity index is 3.05. The highest BCUT2D eigenvalue weighted by atomic mass is 19.1. The molecule has 1 heterocycles. The molecule has 0 amide bonds. The normalized spacial score (nSPS) is 12.2. The Morgan fingerprint density at radius 3 is 2.67 bits per heavy atom. The van der Waals surface area contributed by atoms with E-state index >= 15 is 0 Å². The van der Waals surface area contributed by atoms with Gasteiger partial charge in [-0.2, -0.15) is 0 Å². The highest BCUT2D eigenvalue weighted by Crippen LogP contribution is 2.21. The van der Waals surface area contributed by atoms with Gasteiger partial charge in [0.1, 0.15) is 6.33 Å². The number of hydrogen-bond donors (Lipinski definition) is 1. The Morgan fingerprint density at radius 1 is 1.50 bits per heavy atom. The van der Waals surface area contributed by atoms with Gasteiger partial charge in [-0.3, -0.25) is 4.79 Å². The summed E-state index contributed by atoms with van der Waals surface area (Å²) in [7, 11) is 0. The molecule has 1 N–H and O–H groups in total. The summed E-state index contributed by atoms with van der Waals surface area (Å²) in [5.41, 5.74) is 0.348. The van der Waals surface area contributed by atoms with E-state index in [1.807, 2.05) is 13.8 Å². The summed E-state index contributed by atoms with van der Waals surface area (Å²) in [6.45, 7) is 5.88. The van der Waals surface area contributed by atoms with Crippen LogP contribution < -0.4 is 4.90 Å². The van der Waals surface area contributed by atoms with Crippen LogP contribution in [0.2, 0.25) is 0 Å². The Morgan fingerprint density at radius 2 is 2.17 bits per heavy atom. The molecular formula is C12H18FN3O2. The van der Waals surface area contributed by atoms with Crippen LogP contribution in [0.3, 0.4) is 0 Å². The van der Waals surface area contributed by atoms with Crippen molar-refractivity contribution < 1.29 is 14.3 Å². The van der Waals surface area contributed by atoms with Crippen molar-refractivity contribution in [1.82, 2.24) is 9.97 Å². The number of halogens is 1. The maximum atomic E-state index is 14.1. The molecule has 0 bridgehead atoms. The van der Waals surface area contributed by atoms with E-state index in [4.69, 9.17) is 5.11 Å². The van der Waals surface area contributed by atoms with Crippen molar-refractivity contribution in [3.05, 3.63) is 17.8 Å². The maximum absolute atomic E-state index is 14.1. The molecule has 0 saturated carbocycles. The van der Waals surface area contributed by atoms with Gasteiger partial charge in [-0.1, -0.05) is 6.92 Å². The minimum Gasteiger partial charge on any atom is -0.481 e. The van der Waals surface area contributed by atoms with Crippen LogP contribution in [0.25, 0.3) is 0 Å². The van der Waals surface area contributed by atoms with Crippen LogP contribution in [0.5, 0.6) is 0 Å². The predicted molar refractivity (Wildman–Crippen MR) is 66.1 cm³/mol. The minimum absolute atomic E-state index is 0.0568. The molecule has 6 heteroatoms. The molecule has 0 aromatic carbocycles. The number of hydrogen-bond acceptors (Lipinski definition) is 4. The summed E-state index contributed by atoms with van der Waals surface area (Å²) in [6.07, 6.45) is 1.73. The van der Waals surface area contributed by atoms with Crippen molar-refractivity contribution in [2.45, 2.75) is 39.7 Å². The van der Waals surface area contributed by atoms with Crippen LogP contribution >= 0.6 is 0 Å². The summed E-state index contributed by atoms with van der Waals surface area (Å²) in [5.74, 6) is -1.19. The van der Waals surface area contributed by atoms with E-state index < -0.39 is 11.8 Å². The third-order valence-electron chi connectivity index (χ3n) is 2.79. The lowest BCUT2D eigenvalue weighted by Gasteiger charge is -2.28. The van der Waals surface area contributed by atoms with Crippen LogP contribution in [0.4, 0.5) is 10.2 Å². The van der Waals surface area contributed by atoms with Gasteiger partial charge in [0.25, 0.3) is 0 Å². The SMILES string of the molecule is CCc1ncnc(N(CC)C(C)CC(=O)O)c1F.